The number of thioether (sulfide) groups is 1. The summed E-state index contributed by atoms with van der Waals surface area (Å²) in [5.74, 6) is 0. The zero-order chi connectivity index (χ0) is 9.68. The molecule has 0 aromatic heterocycles. The van der Waals surface area contributed by atoms with Crippen molar-refractivity contribution in [2.75, 3.05) is 0 Å². The molecule has 1 aromatic rings. The summed E-state index contributed by atoms with van der Waals surface area (Å²) in [5.41, 5.74) is 0.708. The van der Waals surface area contributed by atoms with E-state index < -0.39 is 0 Å². The summed E-state index contributed by atoms with van der Waals surface area (Å²) in [6.07, 6.45) is 0. The highest BCUT2D eigenvalue weighted by Crippen LogP contribution is 2.22. The molecule has 1 rings (SSSR count). The molecule has 0 amide bonds. The van der Waals surface area contributed by atoms with Crippen LogP contribution in [0, 0.1) is 11.3 Å². The van der Waals surface area contributed by atoms with Crippen LogP contribution in [-0.2, 0) is 0 Å². The molecule has 1 aromatic carbocycles. The molecule has 0 N–H and O–H groups in total. The molecule has 0 atom stereocenters. The first-order valence-electron chi connectivity index (χ1n) is 3.71. The summed E-state index contributed by atoms with van der Waals surface area (Å²) >= 11 is 7.24. The summed E-state index contributed by atoms with van der Waals surface area (Å²) in [7, 11) is 0. The average molecular weight is 210 g/mol. The number of hydrogen-bond acceptors (Lipinski definition) is 2. The van der Waals surface area contributed by atoms with Gasteiger partial charge in [-0.1, -0.05) is 23.4 Å². The summed E-state index contributed by atoms with van der Waals surface area (Å²) in [6, 6.07) is 9.58. The van der Waals surface area contributed by atoms with E-state index in [2.05, 4.69) is 6.07 Å². The Morgan fingerprint density at radius 2 is 2.08 bits per heavy atom. The number of nitriles is 1. The van der Waals surface area contributed by atoms with Crippen molar-refractivity contribution in [2.45, 2.75) is 11.8 Å². The lowest BCUT2D eigenvalue weighted by molar-refractivity contribution is 1.45. The van der Waals surface area contributed by atoms with Crippen LogP contribution in [0.2, 0.25) is 5.02 Å². The Kier molecular flexibility index (Phi) is 3.88. The normalized spacial score (nSPS) is 11.0. The maximum Gasteiger partial charge on any atom is 0.0949 e. The fourth-order valence-electron chi connectivity index (χ4n) is 0.696. The van der Waals surface area contributed by atoms with Crippen LogP contribution in [0.1, 0.15) is 6.92 Å². The number of rotatable bonds is 2. The van der Waals surface area contributed by atoms with Gasteiger partial charge in [0.1, 0.15) is 0 Å². The molecule has 13 heavy (non-hydrogen) atoms. The van der Waals surface area contributed by atoms with Gasteiger partial charge in [-0.2, -0.15) is 5.26 Å². The Bertz CT molecular complexity index is 348. The first kappa shape index (κ1) is 10.2. The molecule has 0 aliphatic carbocycles. The third kappa shape index (κ3) is 3.54. The second kappa shape index (κ2) is 4.96. The molecular formula is C10H8ClNS. The van der Waals surface area contributed by atoms with E-state index in [-0.39, 0.29) is 0 Å². The van der Waals surface area contributed by atoms with Gasteiger partial charge in [-0.3, -0.25) is 0 Å². The van der Waals surface area contributed by atoms with E-state index in [1.54, 1.807) is 6.92 Å². The van der Waals surface area contributed by atoms with E-state index in [4.69, 9.17) is 16.9 Å². The molecule has 0 saturated heterocycles. The van der Waals surface area contributed by atoms with Crippen molar-refractivity contribution in [3.05, 3.63) is 40.3 Å². The minimum Gasteiger partial charge on any atom is -0.193 e. The topological polar surface area (TPSA) is 23.8 Å². The minimum atomic E-state index is 0.708. The Balaban J connectivity index is 2.67. The van der Waals surface area contributed by atoms with Crippen molar-refractivity contribution < 1.29 is 0 Å². The fourth-order valence-corrected chi connectivity index (χ4v) is 1.48. The van der Waals surface area contributed by atoms with Crippen molar-refractivity contribution in [3.8, 4) is 6.07 Å². The molecule has 0 fully saturated rings. The number of nitrogens with zero attached hydrogens (tertiary/aromatic N) is 1. The van der Waals surface area contributed by atoms with Crippen molar-refractivity contribution in [1.82, 2.24) is 0 Å². The lowest BCUT2D eigenvalue weighted by atomic mass is 10.4. The van der Waals surface area contributed by atoms with Crippen molar-refractivity contribution in [2.24, 2.45) is 0 Å². The molecule has 0 heterocycles. The van der Waals surface area contributed by atoms with Gasteiger partial charge in [-0.25, -0.2) is 0 Å². The van der Waals surface area contributed by atoms with Crippen LogP contribution in [0.5, 0.6) is 0 Å². The molecule has 0 spiro atoms. The summed E-state index contributed by atoms with van der Waals surface area (Å²) in [4.78, 5) is 1.08. The Morgan fingerprint density at radius 3 is 2.62 bits per heavy atom. The third-order valence-corrected chi connectivity index (χ3v) is 2.63. The van der Waals surface area contributed by atoms with Gasteiger partial charge in [0.05, 0.1) is 6.07 Å². The highest BCUT2D eigenvalue weighted by molar-refractivity contribution is 8.02. The number of benzene rings is 1. The van der Waals surface area contributed by atoms with Gasteiger partial charge < -0.3 is 0 Å². The van der Waals surface area contributed by atoms with Crippen LogP contribution in [0.4, 0.5) is 0 Å². The smallest absolute Gasteiger partial charge is 0.0949 e. The molecular weight excluding hydrogens is 202 g/mol. The molecule has 0 unspecified atom stereocenters. The predicted octanol–water partition coefficient (Wildman–Crippen LogP) is 3.86. The Labute approximate surface area is 87.0 Å². The molecule has 66 valence electrons. The lowest BCUT2D eigenvalue weighted by Crippen LogP contribution is -1.69. The molecule has 0 bridgehead atoms. The van der Waals surface area contributed by atoms with Crippen LogP contribution in [0.25, 0.3) is 0 Å². The number of halogens is 1. The quantitative estimate of drug-likeness (QED) is 0.546. The standard InChI is InChI=1S/C10H8ClNS/c1-8(6-12)7-13-10-4-2-9(11)3-5-10/h2-5,7H,1H3. The van der Waals surface area contributed by atoms with E-state index >= 15 is 0 Å². The van der Waals surface area contributed by atoms with Crippen molar-refractivity contribution in [1.29, 1.82) is 5.26 Å². The molecule has 0 aliphatic rings. The maximum atomic E-state index is 8.50. The van der Waals surface area contributed by atoms with Gasteiger partial charge >= 0.3 is 0 Å². The van der Waals surface area contributed by atoms with Crippen LogP contribution >= 0.6 is 23.4 Å². The average Bonchev–Trinajstić information content (AvgIpc) is 2.16. The number of allylic oxidation sites excluding steroid dienone is 1. The van der Waals surface area contributed by atoms with Gasteiger partial charge in [0.2, 0.25) is 0 Å². The van der Waals surface area contributed by atoms with Crippen LogP contribution in [0.3, 0.4) is 0 Å². The zero-order valence-electron chi connectivity index (χ0n) is 7.12. The minimum absolute atomic E-state index is 0.708. The third-order valence-electron chi connectivity index (χ3n) is 1.36. The lowest BCUT2D eigenvalue weighted by Gasteiger charge is -1.95. The summed E-state index contributed by atoms with van der Waals surface area (Å²) in [6.45, 7) is 1.78. The van der Waals surface area contributed by atoms with E-state index in [1.807, 2.05) is 29.7 Å². The monoisotopic (exact) mass is 209 g/mol. The van der Waals surface area contributed by atoms with Gasteiger partial charge in [-0.05, 0) is 36.6 Å². The Morgan fingerprint density at radius 1 is 1.46 bits per heavy atom. The molecule has 3 heteroatoms. The van der Waals surface area contributed by atoms with E-state index in [0.29, 0.717) is 5.57 Å². The van der Waals surface area contributed by atoms with Crippen LogP contribution in [-0.4, -0.2) is 0 Å². The van der Waals surface area contributed by atoms with Gasteiger partial charge in [0.15, 0.2) is 0 Å². The number of hydrogen-bond donors (Lipinski definition) is 0. The maximum absolute atomic E-state index is 8.50. The zero-order valence-corrected chi connectivity index (χ0v) is 8.69. The van der Waals surface area contributed by atoms with E-state index in [1.165, 1.54) is 11.8 Å². The van der Waals surface area contributed by atoms with Gasteiger partial charge in [0, 0.05) is 15.5 Å². The first-order chi connectivity index (χ1) is 6.22. The van der Waals surface area contributed by atoms with Crippen molar-refractivity contribution in [3.63, 3.8) is 0 Å². The second-order valence-corrected chi connectivity index (χ2v) is 3.86. The molecule has 0 radical (unpaired) electrons. The summed E-state index contributed by atoms with van der Waals surface area (Å²) in [5, 5.41) is 11.1. The second-order valence-electron chi connectivity index (χ2n) is 2.48. The highest BCUT2D eigenvalue weighted by atomic mass is 35.5. The molecule has 0 aliphatic heterocycles. The first-order valence-corrected chi connectivity index (χ1v) is 4.97. The van der Waals surface area contributed by atoms with E-state index in [0.717, 1.165) is 9.92 Å². The van der Waals surface area contributed by atoms with Crippen LogP contribution < -0.4 is 0 Å². The summed E-state index contributed by atoms with van der Waals surface area (Å²) < 4.78 is 0. The van der Waals surface area contributed by atoms with E-state index in [9.17, 15) is 0 Å². The van der Waals surface area contributed by atoms with Gasteiger partial charge in [-0.15, -0.1) is 0 Å². The fraction of sp³-hybridized carbons (Fsp3) is 0.100. The predicted molar refractivity (Wildman–Crippen MR) is 56.7 cm³/mol. The SMILES string of the molecule is CC(C#N)=CSc1ccc(Cl)cc1. The van der Waals surface area contributed by atoms with Crippen LogP contribution in [0.15, 0.2) is 40.1 Å². The largest absolute Gasteiger partial charge is 0.193 e. The Hall–Kier alpha value is -0.910. The highest BCUT2D eigenvalue weighted by Gasteiger charge is 1.91. The molecule has 1 nitrogen and oxygen atoms in total. The molecule has 0 saturated carbocycles. The van der Waals surface area contributed by atoms with Gasteiger partial charge in [0.25, 0.3) is 0 Å². The van der Waals surface area contributed by atoms with Crippen molar-refractivity contribution >= 4 is 23.4 Å².